The van der Waals surface area contributed by atoms with Crippen LogP contribution in [0.15, 0.2) is 34.7 Å². The molecule has 0 saturated heterocycles. The second-order valence-electron chi connectivity index (χ2n) is 6.16. The highest BCUT2D eigenvalue weighted by Crippen LogP contribution is 2.27. The molecule has 0 spiro atoms. The number of nitrogens with two attached hydrogens (primary N) is 1. The zero-order valence-electron chi connectivity index (χ0n) is 14.3. The van der Waals surface area contributed by atoms with Crippen LogP contribution in [0.3, 0.4) is 0 Å². The number of unbranched alkanes of at least 4 members (excludes halogenated alkanes) is 3. The van der Waals surface area contributed by atoms with Crippen molar-refractivity contribution in [2.24, 2.45) is 5.73 Å². The molecular formula is C19H28N2S2. The van der Waals surface area contributed by atoms with Crippen molar-refractivity contribution in [2.45, 2.75) is 56.9 Å². The quantitative estimate of drug-likeness (QED) is 0.457. The van der Waals surface area contributed by atoms with Gasteiger partial charge in [0.15, 0.2) is 0 Å². The Morgan fingerprint density at radius 2 is 1.96 bits per heavy atom. The van der Waals surface area contributed by atoms with E-state index in [4.69, 9.17) is 10.7 Å². The van der Waals surface area contributed by atoms with Gasteiger partial charge in [-0.2, -0.15) is 0 Å². The molecule has 2 nitrogen and oxygen atoms in total. The third-order valence-electron chi connectivity index (χ3n) is 3.83. The van der Waals surface area contributed by atoms with Crippen molar-refractivity contribution in [1.82, 2.24) is 4.98 Å². The molecule has 0 aliphatic heterocycles. The van der Waals surface area contributed by atoms with Gasteiger partial charge in [-0.05, 0) is 54.1 Å². The van der Waals surface area contributed by atoms with Crippen LogP contribution in [-0.2, 0) is 6.42 Å². The van der Waals surface area contributed by atoms with Crippen molar-refractivity contribution in [3.8, 4) is 0 Å². The van der Waals surface area contributed by atoms with Crippen molar-refractivity contribution in [2.75, 3.05) is 12.3 Å². The zero-order chi connectivity index (χ0) is 16.5. The third-order valence-corrected chi connectivity index (χ3v) is 5.83. The Morgan fingerprint density at radius 1 is 1.13 bits per heavy atom. The fourth-order valence-corrected chi connectivity index (χ4v) is 4.20. The Hall–Kier alpha value is -0.840. The molecule has 4 heteroatoms. The van der Waals surface area contributed by atoms with E-state index in [9.17, 15) is 0 Å². The number of thioether (sulfide) groups is 1. The molecule has 23 heavy (non-hydrogen) atoms. The SMILES string of the molecule is CC(C)c1ccc(Cc2cccs2)c(SCCCCCCN)n1. The zero-order valence-corrected chi connectivity index (χ0v) is 15.9. The number of hydrogen-bond donors (Lipinski definition) is 1. The van der Waals surface area contributed by atoms with Crippen LogP contribution in [0.4, 0.5) is 0 Å². The predicted octanol–water partition coefficient (Wildman–Crippen LogP) is 5.47. The van der Waals surface area contributed by atoms with E-state index < -0.39 is 0 Å². The molecule has 0 saturated carbocycles. The summed E-state index contributed by atoms with van der Waals surface area (Å²) in [6, 6.07) is 8.81. The maximum Gasteiger partial charge on any atom is 0.0998 e. The molecule has 2 rings (SSSR count). The number of pyridine rings is 1. The molecule has 0 aliphatic carbocycles. The minimum Gasteiger partial charge on any atom is -0.330 e. The van der Waals surface area contributed by atoms with Gasteiger partial charge < -0.3 is 5.73 Å². The second-order valence-corrected chi connectivity index (χ2v) is 8.28. The average molecular weight is 349 g/mol. The van der Waals surface area contributed by atoms with E-state index in [1.807, 2.05) is 23.1 Å². The first-order valence-electron chi connectivity index (χ1n) is 8.55. The van der Waals surface area contributed by atoms with E-state index in [0.717, 1.165) is 25.1 Å². The molecule has 0 aliphatic rings. The molecule has 2 N–H and O–H groups in total. The van der Waals surface area contributed by atoms with E-state index >= 15 is 0 Å². The lowest BCUT2D eigenvalue weighted by molar-refractivity contribution is 0.677. The highest BCUT2D eigenvalue weighted by atomic mass is 32.2. The largest absolute Gasteiger partial charge is 0.330 e. The Bertz CT molecular complexity index is 565. The van der Waals surface area contributed by atoms with E-state index in [1.165, 1.54) is 40.4 Å². The molecule has 0 atom stereocenters. The van der Waals surface area contributed by atoms with Gasteiger partial charge in [-0.3, -0.25) is 0 Å². The van der Waals surface area contributed by atoms with Gasteiger partial charge in [0.25, 0.3) is 0 Å². The summed E-state index contributed by atoms with van der Waals surface area (Å²) >= 11 is 3.75. The van der Waals surface area contributed by atoms with Gasteiger partial charge in [0.05, 0.1) is 5.03 Å². The lowest BCUT2D eigenvalue weighted by Crippen LogP contribution is -2.00. The van der Waals surface area contributed by atoms with Crippen molar-refractivity contribution >= 4 is 23.1 Å². The Morgan fingerprint density at radius 3 is 2.65 bits per heavy atom. The number of thiophene rings is 1. The molecule has 0 unspecified atom stereocenters. The number of nitrogens with zero attached hydrogens (tertiary/aromatic N) is 1. The second kappa shape index (κ2) is 10.1. The summed E-state index contributed by atoms with van der Waals surface area (Å²) in [7, 11) is 0. The maximum atomic E-state index is 5.55. The van der Waals surface area contributed by atoms with Crippen molar-refractivity contribution in [1.29, 1.82) is 0 Å². The van der Waals surface area contributed by atoms with Crippen LogP contribution in [0.25, 0.3) is 0 Å². The molecule has 126 valence electrons. The van der Waals surface area contributed by atoms with Gasteiger partial charge in [-0.15, -0.1) is 23.1 Å². The highest BCUT2D eigenvalue weighted by Gasteiger charge is 2.10. The molecular weight excluding hydrogens is 320 g/mol. The summed E-state index contributed by atoms with van der Waals surface area (Å²) in [4.78, 5) is 6.35. The molecule has 0 aromatic carbocycles. The van der Waals surface area contributed by atoms with Crippen LogP contribution in [0.2, 0.25) is 0 Å². The molecule has 2 heterocycles. The van der Waals surface area contributed by atoms with E-state index in [2.05, 4.69) is 43.5 Å². The first kappa shape index (κ1) is 18.5. The van der Waals surface area contributed by atoms with Crippen molar-refractivity contribution < 1.29 is 0 Å². The van der Waals surface area contributed by atoms with Gasteiger partial charge in [0, 0.05) is 17.0 Å². The molecule has 2 aromatic rings. The summed E-state index contributed by atoms with van der Waals surface area (Å²) < 4.78 is 0. The fourth-order valence-electron chi connectivity index (χ4n) is 2.43. The molecule has 0 radical (unpaired) electrons. The first-order chi connectivity index (χ1) is 11.2. The molecule has 2 aromatic heterocycles. The van der Waals surface area contributed by atoms with Gasteiger partial charge in [-0.25, -0.2) is 4.98 Å². The molecule has 0 amide bonds. The molecule has 0 bridgehead atoms. The van der Waals surface area contributed by atoms with Crippen molar-refractivity contribution in [3.05, 3.63) is 45.8 Å². The normalized spacial score (nSPS) is 11.3. The summed E-state index contributed by atoms with van der Waals surface area (Å²) in [5, 5.41) is 3.37. The maximum absolute atomic E-state index is 5.55. The number of rotatable bonds is 10. The Kier molecular flexibility index (Phi) is 8.13. The van der Waals surface area contributed by atoms with E-state index in [0.29, 0.717) is 5.92 Å². The molecule has 0 fully saturated rings. The van der Waals surface area contributed by atoms with Gasteiger partial charge in [0.2, 0.25) is 0 Å². The van der Waals surface area contributed by atoms with E-state index in [1.54, 1.807) is 0 Å². The fraction of sp³-hybridized carbons (Fsp3) is 0.526. The summed E-state index contributed by atoms with van der Waals surface area (Å²) in [6.07, 6.45) is 5.91. The van der Waals surface area contributed by atoms with Crippen LogP contribution in [0, 0.1) is 0 Å². The predicted molar refractivity (Wildman–Crippen MR) is 104 cm³/mol. The summed E-state index contributed by atoms with van der Waals surface area (Å²) in [5.74, 6) is 1.63. The van der Waals surface area contributed by atoms with Gasteiger partial charge in [-0.1, -0.05) is 38.8 Å². The van der Waals surface area contributed by atoms with Gasteiger partial charge >= 0.3 is 0 Å². The van der Waals surface area contributed by atoms with Crippen LogP contribution >= 0.6 is 23.1 Å². The topological polar surface area (TPSA) is 38.9 Å². The summed E-state index contributed by atoms with van der Waals surface area (Å²) in [6.45, 7) is 5.24. The smallest absolute Gasteiger partial charge is 0.0998 e. The van der Waals surface area contributed by atoms with Crippen LogP contribution < -0.4 is 5.73 Å². The first-order valence-corrected chi connectivity index (χ1v) is 10.4. The van der Waals surface area contributed by atoms with Gasteiger partial charge in [0.1, 0.15) is 0 Å². The Labute approximate surface area is 148 Å². The number of aromatic nitrogens is 1. The van der Waals surface area contributed by atoms with Crippen LogP contribution in [-0.4, -0.2) is 17.3 Å². The highest BCUT2D eigenvalue weighted by molar-refractivity contribution is 7.99. The average Bonchev–Trinajstić information content (AvgIpc) is 3.05. The van der Waals surface area contributed by atoms with Crippen molar-refractivity contribution in [3.63, 3.8) is 0 Å². The minimum atomic E-state index is 0.481. The Balaban J connectivity index is 1.99. The van der Waals surface area contributed by atoms with Crippen LogP contribution in [0.1, 0.15) is 61.6 Å². The van der Waals surface area contributed by atoms with Crippen LogP contribution in [0.5, 0.6) is 0 Å². The third kappa shape index (κ3) is 6.28. The monoisotopic (exact) mass is 348 g/mol. The lowest BCUT2D eigenvalue weighted by atomic mass is 10.1. The number of hydrogen-bond acceptors (Lipinski definition) is 4. The summed E-state index contributed by atoms with van der Waals surface area (Å²) in [5.41, 5.74) is 8.11. The lowest BCUT2D eigenvalue weighted by Gasteiger charge is -2.12. The standard InChI is InChI=1S/C19H28N2S2/c1-15(2)18-10-9-16(14-17-8-7-13-22-17)19(21-18)23-12-6-4-3-5-11-20/h7-10,13,15H,3-6,11-12,14,20H2,1-2H3. The van der Waals surface area contributed by atoms with E-state index in [-0.39, 0.29) is 0 Å². The minimum absolute atomic E-state index is 0.481.